The number of esters is 1. The van der Waals surface area contributed by atoms with Gasteiger partial charge in [-0.1, -0.05) is 6.92 Å². The second-order valence-electron chi connectivity index (χ2n) is 4.41. The molecule has 2 rings (SSSR count). The molecular weight excluding hydrogens is 294 g/mol. The van der Waals surface area contributed by atoms with Crippen LogP contribution < -0.4 is 9.46 Å². The van der Waals surface area contributed by atoms with Crippen LogP contribution in [0, 0.1) is 0 Å². The molecule has 0 aliphatic heterocycles. The normalized spacial score (nSPS) is 11.1. The molecule has 0 amide bonds. The van der Waals surface area contributed by atoms with E-state index in [1.165, 1.54) is 24.3 Å². The largest absolute Gasteiger partial charge is 0.454 e. The summed E-state index contributed by atoms with van der Waals surface area (Å²) in [7, 11) is -3.33. The number of carbonyl (C=O) groups is 1. The molecule has 0 radical (unpaired) electrons. The molecule has 0 atom stereocenters. The van der Waals surface area contributed by atoms with E-state index < -0.39 is 16.0 Å². The van der Waals surface area contributed by atoms with Crippen LogP contribution in [-0.4, -0.2) is 20.6 Å². The Kier molecular flexibility index (Phi) is 4.32. The van der Waals surface area contributed by atoms with Gasteiger partial charge in [0, 0.05) is 12.1 Å². The van der Waals surface area contributed by atoms with Gasteiger partial charge in [0.25, 0.3) is 0 Å². The molecule has 0 aliphatic carbocycles. The standard InChI is InChI=1S/C14H15NO5S/c1-3-11-8-9-13(19-11)14(16)20-12-6-4-10(5-7-12)15-21(2,17)18/h4-9,15H,3H2,1-2H3. The smallest absolute Gasteiger partial charge is 0.379 e. The quantitative estimate of drug-likeness (QED) is 0.677. The molecule has 6 nitrogen and oxygen atoms in total. The molecule has 21 heavy (non-hydrogen) atoms. The van der Waals surface area contributed by atoms with E-state index in [0.29, 0.717) is 23.6 Å². The maximum absolute atomic E-state index is 11.8. The van der Waals surface area contributed by atoms with Gasteiger partial charge in [-0.2, -0.15) is 0 Å². The summed E-state index contributed by atoms with van der Waals surface area (Å²) in [5, 5.41) is 0. The van der Waals surface area contributed by atoms with Crippen molar-refractivity contribution in [3.05, 3.63) is 47.9 Å². The van der Waals surface area contributed by atoms with E-state index in [4.69, 9.17) is 9.15 Å². The van der Waals surface area contributed by atoms with Crippen molar-refractivity contribution >= 4 is 21.7 Å². The van der Waals surface area contributed by atoms with E-state index in [0.717, 1.165) is 6.26 Å². The number of hydrogen-bond donors (Lipinski definition) is 1. The molecular formula is C14H15NO5S. The second kappa shape index (κ2) is 6.01. The summed E-state index contributed by atoms with van der Waals surface area (Å²) < 4.78 is 34.9. The fourth-order valence-electron chi connectivity index (χ4n) is 1.64. The number of benzene rings is 1. The predicted molar refractivity (Wildman–Crippen MR) is 78.0 cm³/mol. The van der Waals surface area contributed by atoms with E-state index >= 15 is 0 Å². The molecule has 1 N–H and O–H groups in total. The SMILES string of the molecule is CCc1ccc(C(=O)Oc2ccc(NS(C)(=O)=O)cc2)o1. The Morgan fingerprint density at radius 2 is 1.86 bits per heavy atom. The number of hydrogen-bond acceptors (Lipinski definition) is 5. The van der Waals surface area contributed by atoms with Crippen molar-refractivity contribution in [1.29, 1.82) is 0 Å². The lowest BCUT2D eigenvalue weighted by Gasteiger charge is -2.05. The van der Waals surface area contributed by atoms with Gasteiger partial charge >= 0.3 is 5.97 Å². The number of nitrogens with one attached hydrogen (secondary N) is 1. The molecule has 1 heterocycles. The molecule has 112 valence electrons. The van der Waals surface area contributed by atoms with Crippen LogP contribution in [0.25, 0.3) is 0 Å². The molecule has 0 fully saturated rings. The van der Waals surface area contributed by atoms with Crippen molar-refractivity contribution in [2.45, 2.75) is 13.3 Å². The first kappa shape index (κ1) is 15.1. The van der Waals surface area contributed by atoms with Crippen LogP contribution in [0.5, 0.6) is 5.75 Å². The van der Waals surface area contributed by atoms with Crippen LogP contribution in [0.3, 0.4) is 0 Å². The Bertz CT molecular complexity index is 731. The van der Waals surface area contributed by atoms with Crippen LogP contribution in [0.4, 0.5) is 5.69 Å². The molecule has 0 bridgehead atoms. The Morgan fingerprint density at radius 1 is 1.19 bits per heavy atom. The Hall–Kier alpha value is -2.28. The first-order valence-corrected chi connectivity index (χ1v) is 8.15. The summed E-state index contributed by atoms with van der Waals surface area (Å²) in [5.41, 5.74) is 0.392. The number of furan rings is 1. The molecule has 7 heteroatoms. The van der Waals surface area contributed by atoms with Crippen molar-refractivity contribution in [3.8, 4) is 5.75 Å². The van der Waals surface area contributed by atoms with Crippen LogP contribution in [0.2, 0.25) is 0 Å². The summed E-state index contributed by atoms with van der Waals surface area (Å²) in [6.07, 6.45) is 1.75. The molecule has 0 aliphatic rings. The summed E-state index contributed by atoms with van der Waals surface area (Å²) in [6, 6.07) is 9.27. The average Bonchev–Trinajstić information content (AvgIpc) is 2.88. The minimum atomic E-state index is -3.33. The molecule has 0 unspecified atom stereocenters. The van der Waals surface area contributed by atoms with Crippen LogP contribution in [-0.2, 0) is 16.4 Å². The van der Waals surface area contributed by atoms with Gasteiger partial charge < -0.3 is 9.15 Å². The fraction of sp³-hybridized carbons (Fsp3) is 0.214. The molecule has 0 saturated heterocycles. The van der Waals surface area contributed by atoms with Crippen molar-refractivity contribution in [3.63, 3.8) is 0 Å². The molecule has 0 spiro atoms. The number of aryl methyl sites for hydroxylation is 1. The lowest BCUT2D eigenvalue weighted by molar-refractivity contribution is 0.0699. The minimum absolute atomic E-state index is 0.130. The maximum atomic E-state index is 11.8. The van der Waals surface area contributed by atoms with Gasteiger partial charge in [0.1, 0.15) is 11.5 Å². The van der Waals surface area contributed by atoms with E-state index in [9.17, 15) is 13.2 Å². The third kappa shape index (κ3) is 4.35. The van der Waals surface area contributed by atoms with E-state index in [1.807, 2.05) is 6.92 Å². The summed E-state index contributed by atoms with van der Waals surface area (Å²) in [4.78, 5) is 11.8. The Morgan fingerprint density at radius 3 is 2.38 bits per heavy atom. The van der Waals surface area contributed by atoms with Gasteiger partial charge in [0.15, 0.2) is 0 Å². The van der Waals surface area contributed by atoms with Crippen molar-refractivity contribution in [2.24, 2.45) is 0 Å². The van der Waals surface area contributed by atoms with Crippen LogP contribution in [0.1, 0.15) is 23.2 Å². The second-order valence-corrected chi connectivity index (χ2v) is 6.16. The molecule has 2 aromatic rings. The molecule has 0 saturated carbocycles. The molecule has 1 aromatic carbocycles. The topological polar surface area (TPSA) is 85.6 Å². The number of ether oxygens (including phenoxy) is 1. The van der Waals surface area contributed by atoms with Gasteiger partial charge in [-0.25, -0.2) is 13.2 Å². The number of sulfonamides is 1. The first-order chi connectivity index (χ1) is 9.87. The highest BCUT2D eigenvalue weighted by Gasteiger charge is 2.13. The highest BCUT2D eigenvalue weighted by Crippen LogP contribution is 2.18. The summed E-state index contributed by atoms with van der Waals surface area (Å²) in [5.74, 6) is 0.534. The number of rotatable bonds is 5. The lowest BCUT2D eigenvalue weighted by Crippen LogP contribution is -2.10. The van der Waals surface area contributed by atoms with E-state index in [1.54, 1.807) is 12.1 Å². The number of carbonyl (C=O) groups excluding carboxylic acids is 1. The Balaban J connectivity index is 2.04. The zero-order valence-electron chi connectivity index (χ0n) is 11.6. The van der Waals surface area contributed by atoms with Gasteiger partial charge in [-0.15, -0.1) is 0 Å². The van der Waals surface area contributed by atoms with Crippen molar-refractivity contribution in [1.82, 2.24) is 0 Å². The van der Waals surface area contributed by atoms with Gasteiger partial charge in [-0.3, -0.25) is 4.72 Å². The van der Waals surface area contributed by atoms with Crippen molar-refractivity contribution in [2.75, 3.05) is 11.0 Å². The van der Waals surface area contributed by atoms with Gasteiger partial charge in [-0.05, 0) is 36.4 Å². The third-order valence-corrected chi connectivity index (χ3v) is 3.19. The first-order valence-electron chi connectivity index (χ1n) is 6.26. The minimum Gasteiger partial charge on any atom is -0.454 e. The van der Waals surface area contributed by atoms with Crippen LogP contribution >= 0.6 is 0 Å². The predicted octanol–water partition coefficient (Wildman–Crippen LogP) is 2.43. The van der Waals surface area contributed by atoms with Gasteiger partial charge in [0.05, 0.1) is 6.26 Å². The Labute approximate surface area is 122 Å². The summed E-state index contributed by atoms with van der Waals surface area (Å²) >= 11 is 0. The number of anilines is 1. The van der Waals surface area contributed by atoms with E-state index in [-0.39, 0.29) is 5.76 Å². The average molecular weight is 309 g/mol. The fourth-order valence-corrected chi connectivity index (χ4v) is 2.20. The zero-order valence-corrected chi connectivity index (χ0v) is 12.4. The van der Waals surface area contributed by atoms with Crippen LogP contribution in [0.15, 0.2) is 40.8 Å². The zero-order chi connectivity index (χ0) is 15.5. The summed E-state index contributed by atoms with van der Waals surface area (Å²) in [6.45, 7) is 1.92. The highest BCUT2D eigenvalue weighted by molar-refractivity contribution is 7.92. The highest BCUT2D eigenvalue weighted by atomic mass is 32.2. The lowest BCUT2D eigenvalue weighted by atomic mass is 10.3. The monoisotopic (exact) mass is 309 g/mol. The van der Waals surface area contributed by atoms with Crippen molar-refractivity contribution < 1.29 is 22.4 Å². The third-order valence-electron chi connectivity index (χ3n) is 2.58. The van der Waals surface area contributed by atoms with Gasteiger partial charge in [0.2, 0.25) is 15.8 Å². The van der Waals surface area contributed by atoms with E-state index in [2.05, 4.69) is 4.72 Å². The maximum Gasteiger partial charge on any atom is 0.379 e. The molecule has 1 aromatic heterocycles.